The molecule has 0 amide bonds. The maximum absolute atomic E-state index is 4.73. The Bertz CT molecular complexity index is 1130. The van der Waals surface area contributed by atoms with E-state index in [9.17, 15) is 0 Å². The molecule has 0 fully saturated rings. The van der Waals surface area contributed by atoms with Gasteiger partial charge in [-0.05, 0) is 95.5 Å². The second-order valence-electron chi connectivity index (χ2n) is 9.15. The molecule has 0 atom stereocenters. The predicted octanol–water partition coefficient (Wildman–Crippen LogP) is 7.29. The molecule has 2 aliphatic carbocycles. The molecule has 2 aliphatic rings. The third-order valence-electron chi connectivity index (χ3n) is 6.88. The van der Waals surface area contributed by atoms with E-state index >= 15 is 0 Å². The molecule has 0 bridgehead atoms. The molecule has 4 rings (SSSR count). The van der Waals surface area contributed by atoms with Crippen LogP contribution in [0.2, 0.25) is 0 Å². The van der Waals surface area contributed by atoms with E-state index in [0.29, 0.717) is 0 Å². The molecule has 0 spiro atoms. The molecule has 1 N–H and O–H groups in total. The first-order valence-electron chi connectivity index (χ1n) is 12.1. The van der Waals surface area contributed by atoms with Crippen LogP contribution in [0.5, 0.6) is 0 Å². The predicted molar refractivity (Wildman–Crippen MR) is 140 cm³/mol. The molecule has 0 unspecified atom stereocenters. The highest BCUT2D eigenvalue weighted by Gasteiger charge is 2.38. The maximum Gasteiger partial charge on any atom is 0.0577 e. The second kappa shape index (κ2) is 8.94. The summed E-state index contributed by atoms with van der Waals surface area (Å²) in [6.45, 7) is 15.2. The molecule has 2 aromatic carbocycles. The first-order valence-corrected chi connectivity index (χ1v) is 12.1. The van der Waals surface area contributed by atoms with Crippen molar-refractivity contribution in [1.82, 2.24) is 0 Å². The average molecular weight is 425 g/mol. The van der Waals surface area contributed by atoms with E-state index in [1.54, 1.807) is 0 Å². The van der Waals surface area contributed by atoms with Crippen LogP contribution in [0.15, 0.2) is 70.8 Å². The van der Waals surface area contributed by atoms with Gasteiger partial charge in [-0.3, -0.25) is 4.99 Å². The van der Waals surface area contributed by atoms with Gasteiger partial charge in [-0.15, -0.1) is 0 Å². The van der Waals surface area contributed by atoms with Gasteiger partial charge in [-0.1, -0.05) is 58.0 Å². The SMILES string of the molecule is CCN=C1C=CC2=C(c3c(CC)cccc3CC)c3ccc(NCC)cc3C(C)(C)C2=C1. The van der Waals surface area contributed by atoms with Crippen molar-refractivity contribution in [3.63, 3.8) is 0 Å². The third-order valence-corrected chi connectivity index (χ3v) is 6.88. The Balaban J connectivity index is 2.10. The summed E-state index contributed by atoms with van der Waals surface area (Å²) in [5.41, 5.74) is 13.3. The number of fused-ring (bicyclic) bond motifs is 2. The molecule has 0 saturated carbocycles. The number of nitrogens with zero attached hydrogens (tertiary/aromatic N) is 1. The van der Waals surface area contributed by atoms with Gasteiger partial charge in [0.05, 0.1) is 5.71 Å². The Hall–Kier alpha value is -2.87. The van der Waals surface area contributed by atoms with E-state index in [-0.39, 0.29) is 5.41 Å². The van der Waals surface area contributed by atoms with Crippen LogP contribution in [0.25, 0.3) is 5.57 Å². The number of hydrogen-bond acceptors (Lipinski definition) is 2. The van der Waals surface area contributed by atoms with Crippen molar-refractivity contribution in [2.75, 3.05) is 18.4 Å². The summed E-state index contributed by atoms with van der Waals surface area (Å²) in [5, 5.41) is 3.52. The minimum Gasteiger partial charge on any atom is -0.385 e. The van der Waals surface area contributed by atoms with Gasteiger partial charge in [0.2, 0.25) is 0 Å². The van der Waals surface area contributed by atoms with Gasteiger partial charge in [-0.25, -0.2) is 0 Å². The number of hydrogen-bond donors (Lipinski definition) is 1. The van der Waals surface area contributed by atoms with Crippen molar-refractivity contribution in [3.8, 4) is 0 Å². The molecule has 2 heteroatoms. The van der Waals surface area contributed by atoms with Gasteiger partial charge in [-0.2, -0.15) is 0 Å². The summed E-state index contributed by atoms with van der Waals surface area (Å²) in [6.07, 6.45) is 8.88. The quantitative estimate of drug-likeness (QED) is 0.517. The van der Waals surface area contributed by atoms with Crippen molar-refractivity contribution >= 4 is 17.0 Å². The first-order chi connectivity index (χ1) is 15.5. The lowest BCUT2D eigenvalue weighted by molar-refractivity contribution is 0.626. The Kier molecular flexibility index (Phi) is 6.24. The fourth-order valence-corrected chi connectivity index (χ4v) is 5.26. The van der Waals surface area contributed by atoms with Gasteiger partial charge in [0.25, 0.3) is 0 Å². The molecule has 32 heavy (non-hydrogen) atoms. The largest absolute Gasteiger partial charge is 0.385 e. The number of aryl methyl sites for hydroxylation is 2. The third kappa shape index (κ3) is 3.66. The standard InChI is InChI=1S/C30H36N2/c1-7-20-12-11-13-21(8-2)28(20)29-24-16-14-22(31-9-3)18-26(24)30(5,6)27-19-23(32-10-4)15-17-25(27)29/h11-19,31H,7-10H2,1-6H3. The molecule has 2 nitrogen and oxygen atoms in total. The van der Waals surface area contributed by atoms with Crippen LogP contribution in [0.1, 0.15) is 69.4 Å². The van der Waals surface area contributed by atoms with Gasteiger partial charge >= 0.3 is 0 Å². The number of nitrogens with one attached hydrogen (secondary N) is 1. The van der Waals surface area contributed by atoms with Crippen LogP contribution in [0.4, 0.5) is 5.69 Å². The van der Waals surface area contributed by atoms with E-state index in [0.717, 1.165) is 31.6 Å². The summed E-state index contributed by atoms with van der Waals surface area (Å²) in [7, 11) is 0. The van der Waals surface area contributed by atoms with E-state index < -0.39 is 0 Å². The number of benzene rings is 2. The zero-order valence-electron chi connectivity index (χ0n) is 20.5. The first kappa shape index (κ1) is 22.3. The van der Waals surface area contributed by atoms with E-state index in [4.69, 9.17) is 4.99 Å². The summed E-state index contributed by atoms with van der Waals surface area (Å²) < 4.78 is 0. The van der Waals surface area contributed by atoms with Crippen LogP contribution in [0, 0.1) is 0 Å². The summed E-state index contributed by atoms with van der Waals surface area (Å²) in [6, 6.07) is 13.8. The van der Waals surface area contributed by atoms with Crippen LogP contribution in [0.3, 0.4) is 0 Å². The van der Waals surface area contributed by atoms with E-state index in [1.807, 2.05) is 0 Å². The molecule has 0 aromatic heterocycles. The maximum atomic E-state index is 4.73. The topological polar surface area (TPSA) is 24.4 Å². The summed E-state index contributed by atoms with van der Waals surface area (Å²) >= 11 is 0. The van der Waals surface area contributed by atoms with Crippen LogP contribution in [-0.2, 0) is 18.3 Å². The zero-order chi connectivity index (χ0) is 22.9. The molecule has 2 aromatic rings. The van der Waals surface area contributed by atoms with Crippen LogP contribution >= 0.6 is 0 Å². The minimum atomic E-state index is -0.105. The highest BCUT2D eigenvalue weighted by atomic mass is 14.8. The zero-order valence-corrected chi connectivity index (χ0v) is 20.5. The molecule has 0 radical (unpaired) electrons. The van der Waals surface area contributed by atoms with Crippen molar-refractivity contribution in [1.29, 1.82) is 0 Å². The lowest BCUT2D eigenvalue weighted by atomic mass is 9.63. The molecule has 0 heterocycles. The van der Waals surface area contributed by atoms with Gasteiger partial charge in [0.1, 0.15) is 0 Å². The van der Waals surface area contributed by atoms with E-state index in [2.05, 4.69) is 101 Å². The van der Waals surface area contributed by atoms with Crippen LogP contribution in [-0.4, -0.2) is 18.8 Å². The van der Waals surface area contributed by atoms with Crippen LogP contribution < -0.4 is 5.32 Å². The lowest BCUT2D eigenvalue weighted by Crippen LogP contribution is -2.30. The average Bonchev–Trinajstić information content (AvgIpc) is 2.80. The van der Waals surface area contributed by atoms with Crippen molar-refractivity contribution < 1.29 is 0 Å². The summed E-state index contributed by atoms with van der Waals surface area (Å²) in [5.74, 6) is 0. The smallest absolute Gasteiger partial charge is 0.0577 e. The molecule has 0 aliphatic heterocycles. The Morgan fingerprint density at radius 1 is 0.906 bits per heavy atom. The molecule has 0 saturated heterocycles. The highest BCUT2D eigenvalue weighted by Crippen LogP contribution is 2.51. The fraction of sp³-hybridized carbons (Fsp3) is 0.367. The van der Waals surface area contributed by atoms with Gasteiger partial charge in [0, 0.05) is 24.2 Å². The van der Waals surface area contributed by atoms with Crippen molar-refractivity contribution in [2.45, 2.75) is 59.8 Å². The van der Waals surface area contributed by atoms with E-state index in [1.165, 1.54) is 50.2 Å². The highest BCUT2D eigenvalue weighted by molar-refractivity contribution is 6.09. The van der Waals surface area contributed by atoms with Crippen molar-refractivity contribution in [2.24, 2.45) is 4.99 Å². The van der Waals surface area contributed by atoms with Crippen molar-refractivity contribution in [3.05, 3.63) is 93.6 Å². The monoisotopic (exact) mass is 424 g/mol. The Morgan fingerprint density at radius 2 is 1.62 bits per heavy atom. The second-order valence-corrected chi connectivity index (χ2v) is 9.15. The number of aliphatic imine (C=N–C) groups is 1. The fourth-order valence-electron chi connectivity index (χ4n) is 5.26. The molecular formula is C30H36N2. The summed E-state index contributed by atoms with van der Waals surface area (Å²) in [4.78, 5) is 4.73. The Labute approximate surface area is 193 Å². The number of anilines is 1. The Morgan fingerprint density at radius 3 is 2.25 bits per heavy atom. The lowest BCUT2D eigenvalue weighted by Gasteiger charge is -2.40. The van der Waals surface area contributed by atoms with Gasteiger partial charge < -0.3 is 5.32 Å². The molecule has 166 valence electrons. The minimum absolute atomic E-state index is 0.105. The molecular weight excluding hydrogens is 388 g/mol. The van der Waals surface area contributed by atoms with Gasteiger partial charge in [0.15, 0.2) is 0 Å². The normalized spacial score (nSPS) is 17.8. The number of rotatable bonds is 6. The number of allylic oxidation sites excluding steroid dienone is 5.